The van der Waals surface area contributed by atoms with Crippen molar-refractivity contribution in [2.75, 3.05) is 18.0 Å². The van der Waals surface area contributed by atoms with E-state index in [9.17, 15) is 13.2 Å². The van der Waals surface area contributed by atoms with Gasteiger partial charge < -0.3 is 4.74 Å². The third-order valence-electron chi connectivity index (χ3n) is 4.30. The second-order valence-electron chi connectivity index (χ2n) is 6.48. The van der Waals surface area contributed by atoms with Crippen LogP contribution in [0.3, 0.4) is 0 Å². The molecule has 32 heavy (non-hydrogen) atoms. The number of nitrogens with one attached hydrogen (secondary N) is 1. The molecule has 0 aliphatic rings. The summed E-state index contributed by atoms with van der Waals surface area (Å²) in [5.41, 5.74) is 3.37. The first-order chi connectivity index (χ1) is 15.3. The van der Waals surface area contributed by atoms with E-state index >= 15 is 0 Å². The molecule has 0 saturated heterocycles. The van der Waals surface area contributed by atoms with E-state index in [1.807, 2.05) is 6.07 Å². The molecule has 3 aromatic rings. The van der Waals surface area contributed by atoms with Gasteiger partial charge in [-0.3, -0.25) is 9.10 Å². The molecule has 0 radical (unpaired) electrons. The first-order valence-corrected chi connectivity index (χ1v) is 12.3. The van der Waals surface area contributed by atoms with Gasteiger partial charge in [0, 0.05) is 14.5 Å². The summed E-state index contributed by atoms with van der Waals surface area (Å²) in [6, 6.07) is 20.0. The van der Waals surface area contributed by atoms with Gasteiger partial charge in [-0.15, -0.1) is 0 Å². The molecule has 7 nitrogen and oxygen atoms in total. The third kappa shape index (κ3) is 5.96. The molecule has 10 heteroatoms. The lowest BCUT2D eigenvalue weighted by Crippen LogP contribution is -2.39. The molecule has 166 valence electrons. The molecule has 0 heterocycles. The number of rotatable bonds is 8. The van der Waals surface area contributed by atoms with Crippen molar-refractivity contribution in [1.82, 2.24) is 5.43 Å². The maximum absolute atomic E-state index is 13.3. The highest BCUT2D eigenvalue weighted by atomic mass is 79.9. The van der Waals surface area contributed by atoms with Crippen molar-refractivity contribution in [3.8, 4) is 5.75 Å². The molecule has 0 aliphatic carbocycles. The summed E-state index contributed by atoms with van der Waals surface area (Å²) in [7, 11) is -2.45. The van der Waals surface area contributed by atoms with Crippen LogP contribution in [0.2, 0.25) is 0 Å². The topological polar surface area (TPSA) is 88.1 Å². The predicted molar refractivity (Wildman–Crippen MR) is 132 cm³/mol. The van der Waals surface area contributed by atoms with Crippen molar-refractivity contribution in [2.45, 2.75) is 4.90 Å². The first kappa shape index (κ1) is 24.0. The van der Waals surface area contributed by atoms with Crippen LogP contribution in [0, 0.1) is 0 Å². The quantitative estimate of drug-likeness (QED) is 0.312. The van der Waals surface area contributed by atoms with E-state index < -0.39 is 22.5 Å². The molecule has 1 amide bonds. The average Bonchev–Trinajstić information content (AvgIpc) is 2.78. The zero-order valence-electron chi connectivity index (χ0n) is 16.9. The molecular formula is C22H19Br2N3O4S. The number of carbonyl (C=O) groups excluding carboxylic acids is 1. The minimum absolute atomic E-state index is 0.0788. The summed E-state index contributed by atoms with van der Waals surface area (Å²) < 4.78 is 34.3. The van der Waals surface area contributed by atoms with E-state index in [1.165, 1.54) is 25.5 Å². The Bertz CT molecular complexity index is 1230. The summed E-state index contributed by atoms with van der Waals surface area (Å²) in [6.07, 6.45) is 1.43. The second-order valence-corrected chi connectivity index (χ2v) is 10.2. The SMILES string of the molecule is COc1ccc(Br)cc1/C=N/NC(=O)CN(c1cccc(Br)c1)S(=O)(=O)c1ccccc1. The number of halogens is 2. The largest absolute Gasteiger partial charge is 0.496 e. The number of hydrogen-bond donors (Lipinski definition) is 1. The van der Waals surface area contributed by atoms with Gasteiger partial charge in [0.05, 0.1) is 23.9 Å². The Morgan fingerprint density at radius 2 is 1.75 bits per heavy atom. The number of benzene rings is 3. The van der Waals surface area contributed by atoms with E-state index in [-0.39, 0.29) is 4.90 Å². The Morgan fingerprint density at radius 1 is 1.03 bits per heavy atom. The number of amides is 1. The molecule has 0 aliphatic heterocycles. The number of sulfonamides is 1. The number of anilines is 1. The number of ether oxygens (including phenoxy) is 1. The van der Waals surface area contributed by atoms with Gasteiger partial charge in [0.15, 0.2) is 0 Å². The van der Waals surface area contributed by atoms with Gasteiger partial charge in [-0.25, -0.2) is 13.8 Å². The van der Waals surface area contributed by atoms with Gasteiger partial charge in [0.1, 0.15) is 12.3 Å². The lowest BCUT2D eigenvalue weighted by molar-refractivity contribution is -0.119. The van der Waals surface area contributed by atoms with Crippen molar-refractivity contribution >= 4 is 59.7 Å². The average molecular weight is 581 g/mol. The Kier molecular flexibility index (Phi) is 8.05. The number of methoxy groups -OCH3 is 1. The van der Waals surface area contributed by atoms with Crippen LogP contribution >= 0.6 is 31.9 Å². The number of hydrogen-bond acceptors (Lipinski definition) is 5. The Morgan fingerprint density at radius 3 is 2.44 bits per heavy atom. The maximum atomic E-state index is 13.3. The molecule has 0 unspecified atom stereocenters. The fourth-order valence-corrected chi connectivity index (χ4v) is 5.01. The maximum Gasteiger partial charge on any atom is 0.264 e. The lowest BCUT2D eigenvalue weighted by Gasteiger charge is -2.23. The molecule has 0 saturated carbocycles. The van der Waals surface area contributed by atoms with E-state index in [0.717, 1.165) is 8.78 Å². The zero-order valence-corrected chi connectivity index (χ0v) is 20.9. The fraction of sp³-hybridized carbons (Fsp3) is 0.0909. The van der Waals surface area contributed by atoms with Gasteiger partial charge in [-0.2, -0.15) is 5.10 Å². The van der Waals surface area contributed by atoms with Crippen LogP contribution in [0.1, 0.15) is 5.56 Å². The number of nitrogens with zero attached hydrogens (tertiary/aromatic N) is 2. The van der Waals surface area contributed by atoms with Crippen LogP contribution in [0.4, 0.5) is 5.69 Å². The van der Waals surface area contributed by atoms with Crippen molar-refractivity contribution in [1.29, 1.82) is 0 Å². The van der Waals surface area contributed by atoms with Crippen LogP contribution in [0.5, 0.6) is 5.75 Å². The second kappa shape index (κ2) is 10.8. The Balaban J connectivity index is 1.84. The van der Waals surface area contributed by atoms with Crippen LogP contribution in [-0.4, -0.2) is 34.2 Å². The summed E-state index contributed by atoms with van der Waals surface area (Å²) in [5, 5.41) is 3.95. The van der Waals surface area contributed by atoms with E-state index in [2.05, 4.69) is 42.4 Å². The first-order valence-electron chi connectivity index (χ1n) is 9.30. The third-order valence-corrected chi connectivity index (χ3v) is 7.07. The Hall–Kier alpha value is -2.69. The standard InChI is InChI=1S/C22H19Br2N3O4S/c1-31-21-11-10-18(24)12-16(21)14-25-26-22(28)15-27(19-7-5-6-17(23)13-19)32(29,30)20-8-3-2-4-9-20/h2-14H,15H2,1H3,(H,26,28)/b25-14+. The van der Waals surface area contributed by atoms with Gasteiger partial charge in [-0.1, -0.05) is 56.1 Å². The minimum atomic E-state index is -3.99. The molecule has 3 rings (SSSR count). The predicted octanol–water partition coefficient (Wildman–Crippen LogP) is 4.57. The van der Waals surface area contributed by atoms with Gasteiger partial charge in [0.2, 0.25) is 0 Å². The summed E-state index contributed by atoms with van der Waals surface area (Å²) in [5.74, 6) is -0.0247. The van der Waals surface area contributed by atoms with E-state index in [4.69, 9.17) is 4.74 Å². The molecule has 3 aromatic carbocycles. The molecular weight excluding hydrogens is 562 g/mol. The molecule has 0 atom stereocenters. The van der Waals surface area contributed by atoms with Crippen LogP contribution < -0.4 is 14.5 Å². The highest BCUT2D eigenvalue weighted by molar-refractivity contribution is 9.10. The molecule has 0 bridgehead atoms. The van der Waals surface area contributed by atoms with Crippen molar-refractivity contribution in [2.24, 2.45) is 5.10 Å². The van der Waals surface area contributed by atoms with Gasteiger partial charge >= 0.3 is 0 Å². The summed E-state index contributed by atoms with van der Waals surface area (Å²) in [4.78, 5) is 12.7. The summed E-state index contributed by atoms with van der Waals surface area (Å²) >= 11 is 6.72. The van der Waals surface area contributed by atoms with E-state index in [0.29, 0.717) is 21.5 Å². The molecule has 0 fully saturated rings. The van der Waals surface area contributed by atoms with Gasteiger partial charge in [-0.05, 0) is 48.5 Å². The molecule has 0 aromatic heterocycles. The highest BCUT2D eigenvalue weighted by Crippen LogP contribution is 2.26. The smallest absolute Gasteiger partial charge is 0.264 e. The van der Waals surface area contributed by atoms with Crippen molar-refractivity contribution < 1.29 is 17.9 Å². The molecule has 0 spiro atoms. The number of carbonyl (C=O) groups is 1. The number of hydrazone groups is 1. The normalized spacial score (nSPS) is 11.3. The van der Waals surface area contributed by atoms with Crippen LogP contribution in [0.25, 0.3) is 0 Å². The minimum Gasteiger partial charge on any atom is -0.496 e. The fourth-order valence-electron chi connectivity index (χ4n) is 2.81. The Labute approximate surface area is 203 Å². The van der Waals surface area contributed by atoms with Crippen molar-refractivity contribution in [3.63, 3.8) is 0 Å². The highest BCUT2D eigenvalue weighted by Gasteiger charge is 2.27. The van der Waals surface area contributed by atoms with Gasteiger partial charge in [0.25, 0.3) is 15.9 Å². The molecule has 1 N–H and O–H groups in total. The van der Waals surface area contributed by atoms with Crippen LogP contribution in [-0.2, 0) is 14.8 Å². The summed E-state index contributed by atoms with van der Waals surface area (Å²) in [6.45, 7) is -0.458. The lowest BCUT2D eigenvalue weighted by atomic mass is 10.2. The van der Waals surface area contributed by atoms with Crippen LogP contribution in [0.15, 0.2) is 91.7 Å². The van der Waals surface area contributed by atoms with E-state index in [1.54, 1.807) is 54.6 Å². The van der Waals surface area contributed by atoms with Crippen molar-refractivity contribution in [3.05, 3.63) is 87.3 Å². The monoisotopic (exact) mass is 579 g/mol. The zero-order chi connectivity index (χ0) is 23.1.